The van der Waals surface area contributed by atoms with Crippen LogP contribution < -0.4 is 10.2 Å². The van der Waals surface area contributed by atoms with Gasteiger partial charge in [0.25, 0.3) is 0 Å². The lowest BCUT2D eigenvalue weighted by Crippen LogP contribution is -2.38. The molecule has 5 nitrogen and oxygen atoms in total. The molecule has 1 unspecified atom stereocenters. The summed E-state index contributed by atoms with van der Waals surface area (Å²) in [7, 11) is 0. The number of nitrogens with one attached hydrogen (secondary N) is 1. The van der Waals surface area contributed by atoms with E-state index in [0.29, 0.717) is 11.6 Å². The highest BCUT2D eigenvalue weighted by Crippen LogP contribution is 2.37. The van der Waals surface area contributed by atoms with E-state index < -0.39 is 0 Å². The highest BCUT2D eigenvalue weighted by molar-refractivity contribution is 8.00. The van der Waals surface area contributed by atoms with Gasteiger partial charge in [-0.15, -0.1) is 11.8 Å². The number of carbonyl (C=O) groups excluding carboxylic acids is 2. The van der Waals surface area contributed by atoms with Crippen molar-refractivity contribution in [2.75, 3.05) is 16.8 Å². The normalized spacial score (nSPS) is 17.0. The Morgan fingerprint density at radius 3 is 2.85 bits per heavy atom. The molecule has 3 aromatic rings. The molecule has 0 bridgehead atoms. The van der Waals surface area contributed by atoms with Crippen LogP contribution >= 0.6 is 23.1 Å². The third-order valence-corrected chi connectivity index (χ3v) is 6.21. The number of amides is 2. The van der Waals surface area contributed by atoms with Crippen molar-refractivity contribution >= 4 is 55.9 Å². The second-order valence-corrected chi connectivity index (χ2v) is 8.63. The molecule has 1 aliphatic heterocycles. The van der Waals surface area contributed by atoms with Gasteiger partial charge >= 0.3 is 0 Å². The van der Waals surface area contributed by atoms with Gasteiger partial charge in [-0.2, -0.15) is 0 Å². The number of thioether (sulfide) groups is 1. The maximum absolute atomic E-state index is 12.6. The monoisotopic (exact) mass is 383 g/mol. The second-order valence-electron chi connectivity index (χ2n) is 6.12. The SMILES string of the molecule is CC1CC(=O)N(CC(=O)Nc2nc3ccccc3s2)c2ccccc2S1. The maximum Gasteiger partial charge on any atom is 0.246 e. The molecule has 1 atom stereocenters. The standard InChI is InChI=1S/C19H17N3O2S2/c1-12-10-18(24)22(14-7-3-5-9-16(14)25-12)11-17(23)21-19-20-13-6-2-4-8-15(13)26-19/h2-9,12H,10-11H2,1H3,(H,20,21,23). The van der Waals surface area contributed by atoms with Crippen molar-refractivity contribution < 1.29 is 9.59 Å². The number of hydrogen-bond donors (Lipinski definition) is 1. The molecule has 0 aliphatic carbocycles. The van der Waals surface area contributed by atoms with Crippen molar-refractivity contribution in [3.63, 3.8) is 0 Å². The fraction of sp³-hybridized carbons (Fsp3) is 0.211. The van der Waals surface area contributed by atoms with E-state index in [1.807, 2.05) is 55.5 Å². The van der Waals surface area contributed by atoms with E-state index in [9.17, 15) is 9.59 Å². The molecule has 1 N–H and O–H groups in total. The van der Waals surface area contributed by atoms with Crippen LogP contribution in [0.2, 0.25) is 0 Å². The summed E-state index contributed by atoms with van der Waals surface area (Å²) in [5.41, 5.74) is 1.65. The quantitative estimate of drug-likeness (QED) is 0.738. The summed E-state index contributed by atoms with van der Waals surface area (Å²) in [5.74, 6) is -0.277. The van der Waals surface area contributed by atoms with Crippen molar-refractivity contribution in [2.45, 2.75) is 23.5 Å². The van der Waals surface area contributed by atoms with Gasteiger partial charge in [0, 0.05) is 16.6 Å². The van der Waals surface area contributed by atoms with E-state index >= 15 is 0 Å². The van der Waals surface area contributed by atoms with Crippen molar-refractivity contribution in [3.05, 3.63) is 48.5 Å². The molecule has 26 heavy (non-hydrogen) atoms. The van der Waals surface area contributed by atoms with E-state index in [1.165, 1.54) is 11.3 Å². The number of para-hydroxylation sites is 2. The molecule has 2 heterocycles. The minimum absolute atomic E-state index is 0.0148. The Labute approximate surface area is 159 Å². The van der Waals surface area contributed by atoms with Crippen LogP contribution in [0.25, 0.3) is 10.2 Å². The minimum atomic E-state index is -0.244. The van der Waals surface area contributed by atoms with Gasteiger partial charge in [-0.3, -0.25) is 9.59 Å². The van der Waals surface area contributed by atoms with E-state index in [1.54, 1.807) is 16.7 Å². The third-order valence-electron chi connectivity index (χ3n) is 4.09. The topological polar surface area (TPSA) is 62.3 Å². The molecule has 0 spiro atoms. The zero-order chi connectivity index (χ0) is 18.1. The molecule has 1 aliphatic rings. The lowest BCUT2D eigenvalue weighted by atomic mass is 10.2. The zero-order valence-corrected chi connectivity index (χ0v) is 15.8. The maximum atomic E-state index is 12.6. The van der Waals surface area contributed by atoms with E-state index in [4.69, 9.17) is 0 Å². The average molecular weight is 383 g/mol. The van der Waals surface area contributed by atoms with Gasteiger partial charge in [0.2, 0.25) is 11.8 Å². The predicted molar refractivity (Wildman–Crippen MR) is 107 cm³/mol. The lowest BCUT2D eigenvalue weighted by molar-refractivity contribution is -0.121. The summed E-state index contributed by atoms with van der Waals surface area (Å²) in [5, 5.41) is 3.56. The summed E-state index contributed by atoms with van der Waals surface area (Å²) in [6, 6.07) is 15.5. The Bertz CT molecular complexity index is 953. The van der Waals surface area contributed by atoms with Crippen LogP contribution in [0.1, 0.15) is 13.3 Å². The Hall–Kier alpha value is -2.38. The fourth-order valence-corrected chi connectivity index (χ4v) is 4.93. The van der Waals surface area contributed by atoms with Crippen molar-refractivity contribution in [1.29, 1.82) is 0 Å². The van der Waals surface area contributed by atoms with Crippen LogP contribution in [0.5, 0.6) is 0 Å². The van der Waals surface area contributed by atoms with Crippen molar-refractivity contribution in [3.8, 4) is 0 Å². The number of fused-ring (bicyclic) bond motifs is 2. The van der Waals surface area contributed by atoms with E-state index in [-0.39, 0.29) is 23.6 Å². The number of anilines is 2. The van der Waals surface area contributed by atoms with Crippen LogP contribution in [0, 0.1) is 0 Å². The van der Waals surface area contributed by atoms with Gasteiger partial charge in [0.15, 0.2) is 5.13 Å². The zero-order valence-electron chi connectivity index (χ0n) is 14.1. The van der Waals surface area contributed by atoms with Gasteiger partial charge in [0.05, 0.1) is 15.9 Å². The van der Waals surface area contributed by atoms with Crippen LogP contribution in [-0.4, -0.2) is 28.6 Å². The van der Waals surface area contributed by atoms with Gasteiger partial charge < -0.3 is 10.2 Å². The number of hydrogen-bond acceptors (Lipinski definition) is 5. The highest BCUT2D eigenvalue weighted by atomic mass is 32.2. The third kappa shape index (κ3) is 3.45. The molecule has 0 saturated heterocycles. The number of thiazole rings is 1. The summed E-state index contributed by atoms with van der Waals surface area (Å²) >= 11 is 3.10. The largest absolute Gasteiger partial charge is 0.302 e. The molecule has 132 valence electrons. The highest BCUT2D eigenvalue weighted by Gasteiger charge is 2.27. The molecule has 7 heteroatoms. The van der Waals surface area contributed by atoms with Crippen LogP contribution in [-0.2, 0) is 9.59 Å². The minimum Gasteiger partial charge on any atom is -0.302 e. The first-order valence-electron chi connectivity index (χ1n) is 8.31. The first kappa shape index (κ1) is 17.1. The second kappa shape index (κ2) is 7.09. The molecule has 0 fully saturated rings. The summed E-state index contributed by atoms with van der Waals surface area (Å²) in [4.78, 5) is 32.2. The fourth-order valence-electron chi connectivity index (χ4n) is 2.93. The number of benzene rings is 2. The Kier molecular flexibility index (Phi) is 4.65. The number of carbonyl (C=O) groups is 2. The van der Waals surface area contributed by atoms with Crippen molar-refractivity contribution in [2.24, 2.45) is 0 Å². The van der Waals surface area contributed by atoms with E-state index in [2.05, 4.69) is 10.3 Å². The molecule has 4 rings (SSSR count). The van der Waals surface area contributed by atoms with Crippen LogP contribution in [0.4, 0.5) is 10.8 Å². The molecule has 0 radical (unpaired) electrons. The van der Waals surface area contributed by atoms with Gasteiger partial charge in [-0.1, -0.05) is 42.5 Å². The van der Waals surface area contributed by atoms with Crippen LogP contribution in [0.3, 0.4) is 0 Å². The summed E-state index contributed by atoms with van der Waals surface area (Å²) in [6.45, 7) is 2.02. The van der Waals surface area contributed by atoms with Gasteiger partial charge in [-0.25, -0.2) is 4.98 Å². The summed E-state index contributed by atoms with van der Waals surface area (Å²) in [6.07, 6.45) is 0.410. The predicted octanol–water partition coefficient (Wildman–Crippen LogP) is 4.15. The molecular formula is C19H17N3O2S2. The first-order chi connectivity index (χ1) is 12.6. The first-order valence-corrected chi connectivity index (χ1v) is 10.0. The van der Waals surface area contributed by atoms with Crippen LogP contribution in [0.15, 0.2) is 53.4 Å². The molecular weight excluding hydrogens is 366 g/mol. The van der Waals surface area contributed by atoms with Gasteiger partial charge in [0.1, 0.15) is 6.54 Å². The Balaban J connectivity index is 1.55. The Morgan fingerprint density at radius 1 is 1.23 bits per heavy atom. The number of aromatic nitrogens is 1. The number of rotatable bonds is 3. The average Bonchev–Trinajstić information content (AvgIpc) is 2.97. The Morgan fingerprint density at radius 2 is 2.00 bits per heavy atom. The molecule has 2 aromatic carbocycles. The molecule has 2 amide bonds. The molecule has 1 aromatic heterocycles. The lowest BCUT2D eigenvalue weighted by Gasteiger charge is -2.21. The number of nitrogens with zero attached hydrogens (tertiary/aromatic N) is 2. The van der Waals surface area contributed by atoms with Crippen molar-refractivity contribution in [1.82, 2.24) is 4.98 Å². The molecule has 0 saturated carbocycles. The van der Waals surface area contributed by atoms with Gasteiger partial charge in [-0.05, 0) is 24.3 Å². The smallest absolute Gasteiger partial charge is 0.246 e. The summed E-state index contributed by atoms with van der Waals surface area (Å²) < 4.78 is 1.02. The van der Waals surface area contributed by atoms with E-state index in [0.717, 1.165) is 20.8 Å².